The molecule has 5 heteroatoms. The Morgan fingerprint density at radius 2 is 2.19 bits per heavy atom. The Kier molecular flexibility index (Phi) is 3.01. The van der Waals surface area contributed by atoms with Gasteiger partial charge in [0.2, 0.25) is 0 Å². The maximum absolute atomic E-state index is 13.4. The molecule has 0 bridgehead atoms. The van der Waals surface area contributed by atoms with Crippen LogP contribution >= 0.6 is 11.6 Å². The lowest BCUT2D eigenvalue weighted by Gasteiger charge is -2.04. The zero-order chi connectivity index (χ0) is 11.5. The monoisotopic (exact) mass is 238 g/mol. The summed E-state index contributed by atoms with van der Waals surface area (Å²) in [6.07, 6.45) is 1.55. The molecule has 82 valence electrons. The highest BCUT2D eigenvalue weighted by Crippen LogP contribution is 2.20. The first-order valence-electron chi connectivity index (χ1n) is 4.64. The molecule has 1 heterocycles. The van der Waals surface area contributed by atoms with Crippen molar-refractivity contribution in [3.05, 3.63) is 63.0 Å². The first kappa shape index (κ1) is 10.8. The van der Waals surface area contributed by atoms with Gasteiger partial charge in [-0.3, -0.25) is 4.79 Å². The van der Waals surface area contributed by atoms with Gasteiger partial charge >= 0.3 is 0 Å². The normalized spacial score (nSPS) is 10.4. The van der Waals surface area contributed by atoms with Crippen LogP contribution in [0.15, 0.2) is 35.3 Å². The molecule has 1 aromatic carbocycles. The van der Waals surface area contributed by atoms with Crippen molar-refractivity contribution in [2.75, 3.05) is 0 Å². The quantitative estimate of drug-likeness (QED) is 0.872. The van der Waals surface area contributed by atoms with Crippen LogP contribution in [0.1, 0.15) is 11.4 Å². The molecule has 0 radical (unpaired) electrons. The van der Waals surface area contributed by atoms with Gasteiger partial charge in [0.1, 0.15) is 11.6 Å². The van der Waals surface area contributed by atoms with E-state index in [1.165, 1.54) is 24.4 Å². The maximum Gasteiger partial charge on any atom is 0.250 e. The summed E-state index contributed by atoms with van der Waals surface area (Å²) in [6, 6.07) is 5.75. The molecule has 0 aliphatic carbocycles. The van der Waals surface area contributed by atoms with Crippen molar-refractivity contribution < 1.29 is 4.39 Å². The van der Waals surface area contributed by atoms with E-state index in [1.807, 2.05) is 0 Å². The lowest BCUT2D eigenvalue weighted by Crippen LogP contribution is -2.09. The predicted molar refractivity (Wildman–Crippen MR) is 59.1 cm³/mol. The lowest BCUT2D eigenvalue weighted by molar-refractivity contribution is 0.612. The lowest BCUT2D eigenvalue weighted by atomic mass is 10.1. The molecule has 16 heavy (non-hydrogen) atoms. The van der Waals surface area contributed by atoms with Gasteiger partial charge in [0.25, 0.3) is 5.56 Å². The molecule has 0 aliphatic heterocycles. The van der Waals surface area contributed by atoms with Gasteiger partial charge in [0.15, 0.2) is 0 Å². The third kappa shape index (κ3) is 2.28. The summed E-state index contributed by atoms with van der Waals surface area (Å²) in [7, 11) is 0. The first-order chi connectivity index (χ1) is 7.66. The number of nitrogens with zero attached hydrogens (tertiary/aromatic N) is 1. The number of hydrogen-bond donors (Lipinski definition) is 1. The Labute approximate surface area is 95.9 Å². The molecule has 1 aromatic heterocycles. The van der Waals surface area contributed by atoms with Crippen LogP contribution in [0.5, 0.6) is 0 Å². The van der Waals surface area contributed by atoms with Crippen LogP contribution in [-0.2, 0) is 6.42 Å². The van der Waals surface area contributed by atoms with E-state index in [9.17, 15) is 9.18 Å². The van der Waals surface area contributed by atoms with E-state index in [-0.39, 0.29) is 12.0 Å². The third-order valence-electron chi connectivity index (χ3n) is 2.13. The Bertz CT molecular complexity index is 548. The van der Waals surface area contributed by atoms with Crippen molar-refractivity contribution in [2.24, 2.45) is 0 Å². The highest BCUT2D eigenvalue weighted by Gasteiger charge is 2.08. The predicted octanol–water partition coefficient (Wildman–Crippen LogP) is 2.15. The van der Waals surface area contributed by atoms with Crippen LogP contribution in [0.2, 0.25) is 5.02 Å². The molecule has 0 spiro atoms. The third-order valence-corrected chi connectivity index (χ3v) is 2.48. The van der Waals surface area contributed by atoms with Crippen LogP contribution in [0.4, 0.5) is 4.39 Å². The average molecular weight is 239 g/mol. The molecule has 0 aliphatic rings. The van der Waals surface area contributed by atoms with E-state index in [2.05, 4.69) is 9.97 Å². The first-order valence-corrected chi connectivity index (χ1v) is 5.01. The summed E-state index contributed by atoms with van der Waals surface area (Å²) in [4.78, 5) is 17.5. The second-order valence-corrected chi connectivity index (χ2v) is 3.66. The van der Waals surface area contributed by atoms with Gasteiger partial charge in [0, 0.05) is 29.3 Å². The number of aromatic nitrogens is 2. The van der Waals surface area contributed by atoms with E-state index in [0.717, 1.165) is 0 Å². The molecule has 0 unspecified atom stereocenters. The SMILES string of the molecule is O=c1ccnc(Cc2c(F)cccc2Cl)[nH]1. The van der Waals surface area contributed by atoms with Gasteiger partial charge in [0.05, 0.1) is 0 Å². The van der Waals surface area contributed by atoms with Crippen molar-refractivity contribution in [1.29, 1.82) is 0 Å². The van der Waals surface area contributed by atoms with Crippen molar-refractivity contribution in [3.63, 3.8) is 0 Å². The molecule has 2 aromatic rings. The topological polar surface area (TPSA) is 45.8 Å². The van der Waals surface area contributed by atoms with Crippen LogP contribution < -0.4 is 5.56 Å². The fourth-order valence-corrected chi connectivity index (χ4v) is 1.60. The minimum Gasteiger partial charge on any atom is -0.310 e. The largest absolute Gasteiger partial charge is 0.310 e. The fraction of sp³-hybridized carbons (Fsp3) is 0.0909. The zero-order valence-corrected chi connectivity index (χ0v) is 8.96. The van der Waals surface area contributed by atoms with Crippen LogP contribution in [0.3, 0.4) is 0 Å². The smallest absolute Gasteiger partial charge is 0.250 e. The summed E-state index contributed by atoms with van der Waals surface area (Å²) in [5.41, 5.74) is 0.0657. The van der Waals surface area contributed by atoms with Gasteiger partial charge in [-0.1, -0.05) is 17.7 Å². The number of hydrogen-bond acceptors (Lipinski definition) is 2. The number of H-pyrrole nitrogens is 1. The van der Waals surface area contributed by atoms with Crippen molar-refractivity contribution in [3.8, 4) is 0 Å². The van der Waals surface area contributed by atoms with Crippen molar-refractivity contribution in [1.82, 2.24) is 9.97 Å². The molecule has 3 nitrogen and oxygen atoms in total. The minimum atomic E-state index is -0.404. The van der Waals surface area contributed by atoms with Crippen LogP contribution in [0.25, 0.3) is 0 Å². The molecule has 0 saturated carbocycles. The van der Waals surface area contributed by atoms with E-state index < -0.39 is 5.82 Å². The zero-order valence-electron chi connectivity index (χ0n) is 8.21. The maximum atomic E-state index is 13.4. The molecule has 2 rings (SSSR count). The molecular formula is C11H8ClFN2O. The average Bonchev–Trinajstić information content (AvgIpc) is 2.24. The Morgan fingerprint density at radius 1 is 1.38 bits per heavy atom. The summed E-state index contributed by atoms with van der Waals surface area (Å²) in [6.45, 7) is 0. The van der Waals surface area contributed by atoms with Gasteiger partial charge in [-0.2, -0.15) is 0 Å². The van der Waals surface area contributed by atoms with Gasteiger partial charge in [-0.25, -0.2) is 9.37 Å². The number of nitrogens with one attached hydrogen (secondary N) is 1. The highest BCUT2D eigenvalue weighted by atomic mass is 35.5. The van der Waals surface area contributed by atoms with Crippen LogP contribution in [-0.4, -0.2) is 9.97 Å². The highest BCUT2D eigenvalue weighted by molar-refractivity contribution is 6.31. The van der Waals surface area contributed by atoms with E-state index in [4.69, 9.17) is 11.6 Å². The summed E-state index contributed by atoms with van der Waals surface area (Å²) >= 11 is 5.86. The number of rotatable bonds is 2. The molecule has 0 saturated heterocycles. The standard InChI is InChI=1S/C11H8ClFN2O/c12-8-2-1-3-9(13)7(8)6-10-14-5-4-11(16)15-10/h1-5H,6H2,(H,14,15,16). The molecule has 0 atom stereocenters. The summed E-state index contributed by atoms with van der Waals surface area (Å²) in [5.74, 6) is -0.0153. The fourth-order valence-electron chi connectivity index (χ4n) is 1.37. The molecule has 0 amide bonds. The Morgan fingerprint density at radius 3 is 2.88 bits per heavy atom. The van der Waals surface area contributed by atoms with E-state index in [0.29, 0.717) is 16.4 Å². The van der Waals surface area contributed by atoms with E-state index >= 15 is 0 Å². The van der Waals surface area contributed by atoms with E-state index in [1.54, 1.807) is 6.07 Å². The van der Waals surface area contributed by atoms with Gasteiger partial charge in [-0.15, -0.1) is 0 Å². The Hall–Kier alpha value is -1.68. The molecule has 0 fully saturated rings. The number of benzene rings is 1. The van der Waals surface area contributed by atoms with Gasteiger partial charge < -0.3 is 4.98 Å². The summed E-state index contributed by atoms with van der Waals surface area (Å²) < 4.78 is 13.4. The molecular weight excluding hydrogens is 231 g/mol. The number of aromatic amines is 1. The van der Waals surface area contributed by atoms with Crippen molar-refractivity contribution >= 4 is 11.6 Å². The Balaban J connectivity index is 2.38. The van der Waals surface area contributed by atoms with Crippen LogP contribution in [0, 0.1) is 5.82 Å². The molecule has 1 N–H and O–H groups in total. The second kappa shape index (κ2) is 4.45. The summed E-state index contributed by atoms with van der Waals surface area (Å²) in [5, 5.41) is 0.325. The minimum absolute atomic E-state index is 0.168. The number of halogens is 2. The van der Waals surface area contributed by atoms with Gasteiger partial charge in [-0.05, 0) is 12.1 Å². The second-order valence-electron chi connectivity index (χ2n) is 3.26. The van der Waals surface area contributed by atoms with Crippen molar-refractivity contribution in [2.45, 2.75) is 6.42 Å².